The zero-order chi connectivity index (χ0) is 13.2. The Balaban J connectivity index is 1.42. The lowest BCUT2D eigenvalue weighted by Gasteiger charge is -2.58. The summed E-state index contributed by atoms with van der Waals surface area (Å²) in [6, 6.07) is 2.35. The van der Waals surface area contributed by atoms with E-state index in [0.717, 1.165) is 30.2 Å². The summed E-state index contributed by atoms with van der Waals surface area (Å²) in [6.07, 6.45) is 12.9. The van der Waals surface area contributed by atoms with E-state index in [4.69, 9.17) is 0 Å². The van der Waals surface area contributed by atoms with Crippen molar-refractivity contribution in [2.75, 3.05) is 6.54 Å². The van der Waals surface area contributed by atoms with Gasteiger partial charge in [-0.05, 0) is 85.7 Å². The van der Waals surface area contributed by atoms with Crippen molar-refractivity contribution in [2.45, 2.75) is 57.4 Å². The molecule has 2 heterocycles. The molecular formula is C18H26N2. The molecule has 2 heteroatoms. The van der Waals surface area contributed by atoms with Gasteiger partial charge in [0.1, 0.15) is 0 Å². The average Bonchev–Trinajstić information content (AvgIpc) is 2.86. The number of aromatic nitrogens is 1. The van der Waals surface area contributed by atoms with Crippen LogP contribution in [0.4, 0.5) is 0 Å². The van der Waals surface area contributed by atoms with E-state index >= 15 is 0 Å². The van der Waals surface area contributed by atoms with Crippen LogP contribution in [-0.2, 0) is 6.54 Å². The van der Waals surface area contributed by atoms with Crippen LogP contribution in [0.5, 0.6) is 0 Å². The van der Waals surface area contributed by atoms with Gasteiger partial charge in [-0.15, -0.1) is 0 Å². The van der Waals surface area contributed by atoms with Gasteiger partial charge in [-0.25, -0.2) is 0 Å². The second-order valence-corrected chi connectivity index (χ2v) is 8.36. The van der Waals surface area contributed by atoms with Gasteiger partial charge in [-0.1, -0.05) is 0 Å². The minimum Gasteiger partial charge on any atom is -0.364 e. The van der Waals surface area contributed by atoms with Crippen molar-refractivity contribution >= 4 is 0 Å². The monoisotopic (exact) mass is 270 g/mol. The number of hydrogen-bond acceptors (Lipinski definition) is 1. The normalized spacial score (nSPS) is 45.6. The fourth-order valence-electron chi connectivity index (χ4n) is 6.68. The molecule has 0 amide bonds. The van der Waals surface area contributed by atoms with Crippen LogP contribution in [0.25, 0.3) is 0 Å². The Morgan fingerprint density at radius 3 is 2.45 bits per heavy atom. The molecule has 0 spiro atoms. The summed E-state index contributed by atoms with van der Waals surface area (Å²) in [5.74, 6) is 4.02. The molecule has 4 bridgehead atoms. The number of H-pyrrole nitrogens is 1. The van der Waals surface area contributed by atoms with E-state index in [1.807, 2.05) is 0 Å². The van der Waals surface area contributed by atoms with E-state index in [0.29, 0.717) is 5.41 Å². The zero-order valence-electron chi connectivity index (χ0n) is 12.3. The molecule has 0 radical (unpaired) electrons. The lowest BCUT2D eigenvalue weighted by molar-refractivity contribution is -0.0609. The summed E-state index contributed by atoms with van der Waals surface area (Å²) in [4.78, 5) is 3.43. The van der Waals surface area contributed by atoms with Gasteiger partial charge in [0.05, 0.1) is 0 Å². The van der Waals surface area contributed by atoms with Gasteiger partial charge in [-0.2, -0.15) is 0 Å². The van der Waals surface area contributed by atoms with Crippen LogP contribution in [0.1, 0.15) is 62.1 Å². The van der Waals surface area contributed by atoms with Crippen LogP contribution < -0.4 is 5.32 Å². The summed E-state index contributed by atoms with van der Waals surface area (Å²) in [5.41, 5.74) is 3.79. The third-order valence-electron chi connectivity index (χ3n) is 6.85. The average molecular weight is 270 g/mol. The maximum absolute atomic E-state index is 3.63. The van der Waals surface area contributed by atoms with Crippen molar-refractivity contribution in [1.82, 2.24) is 10.3 Å². The summed E-state index contributed by atoms with van der Waals surface area (Å²) < 4.78 is 0. The largest absolute Gasteiger partial charge is 0.364 e. The van der Waals surface area contributed by atoms with Gasteiger partial charge in [0.15, 0.2) is 0 Å². The predicted molar refractivity (Wildman–Crippen MR) is 80.5 cm³/mol. The van der Waals surface area contributed by atoms with E-state index < -0.39 is 0 Å². The van der Waals surface area contributed by atoms with Crippen molar-refractivity contribution in [1.29, 1.82) is 0 Å². The first-order valence-corrected chi connectivity index (χ1v) is 8.66. The molecule has 1 aliphatic heterocycles. The molecule has 4 fully saturated rings. The Morgan fingerprint density at radius 2 is 1.75 bits per heavy atom. The smallest absolute Gasteiger partial charge is 0.0360 e. The topological polar surface area (TPSA) is 27.8 Å². The van der Waals surface area contributed by atoms with Crippen molar-refractivity contribution in [2.24, 2.45) is 23.2 Å². The second-order valence-electron chi connectivity index (χ2n) is 8.36. The highest BCUT2D eigenvalue weighted by Gasteiger charge is 2.51. The summed E-state index contributed by atoms with van der Waals surface area (Å²) in [5, 5.41) is 3.63. The number of nitrogens with one attached hydrogen (secondary N) is 2. The number of aromatic amines is 1. The molecule has 4 aliphatic carbocycles. The van der Waals surface area contributed by atoms with Gasteiger partial charge in [0, 0.05) is 25.0 Å². The molecular weight excluding hydrogens is 244 g/mol. The van der Waals surface area contributed by atoms with Crippen LogP contribution in [0.15, 0.2) is 12.3 Å². The molecule has 1 aromatic heterocycles. The molecule has 0 saturated heterocycles. The fraction of sp³-hybridized carbons (Fsp3) is 0.778. The molecule has 4 saturated carbocycles. The molecule has 5 aliphatic rings. The van der Waals surface area contributed by atoms with Crippen LogP contribution in [0, 0.1) is 23.2 Å². The highest BCUT2D eigenvalue weighted by molar-refractivity contribution is 5.28. The van der Waals surface area contributed by atoms with Gasteiger partial charge in [0.2, 0.25) is 0 Å². The summed E-state index contributed by atoms with van der Waals surface area (Å²) >= 11 is 0. The molecule has 2 N–H and O–H groups in total. The lowest BCUT2D eigenvalue weighted by atomic mass is 9.48. The molecule has 2 nitrogen and oxygen atoms in total. The zero-order valence-corrected chi connectivity index (χ0v) is 12.3. The van der Waals surface area contributed by atoms with Crippen LogP contribution in [-0.4, -0.2) is 11.5 Å². The quantitative estimate of drug-likeness (QED) is 0.840. The van der Waals surface area contributed by atoms with Gasteiger partial charge in [0.25, 0.3) is 0 Å². The number of fused-ring (bicyclic) bond motifs is 1. The SMILES string of the molecule is c1cc2c([nH]1)CNCC2CC12CC3CC(CC(C3)C1)C2. The minimum absolute atomic E-state index is 0.715. The van der Waals surface area contributed by atoms with Crippen LogP contribution in [0.2, 0.25) is 0 Å². The van der Waals surface area contributed by atoms with Crippen molar-refractivity contribution in [3.05, 3.63) is 23.5 Å². The Morgan fingerprint density at radius 1 is 1.05 bits per heavy atom. The van der Waals surface area contributed by atoms with E-state index in [1.165, 1.54) is 18.7 Å². The van der Waals surface area contributed by atoms with Crippen molar-refractivity contribution in [3.63, 3.8) is 0 Å². The Labute approximate surface area is 121 Å². The second kappa shape index (κ2) is 4.13. The van der Waals surface area contributed by atoms with Gasteiger partial charge in [-0.3, -0.25) is 0 Å². The third kappa shape index (κ3) is 1.73. The Bertz CT molecular complexity index is 480. The molecule has 0 aromatic carbocycles. The molecule has 108 valence electrons. The number of hydrogen-bond donors (Lipinski definition) is 2. The van der Waals surface area contributed by atoms with Crippen molar-refractivity contribution < 1.29 is 0 Å². The minimum atomic E-state index is 0.715. The molecule has 6 rings (SSSR count). The lowest BCUT2D eigenvalue weighted by Crippen LogP contribution is -2.47. The highest BCUT2D eigenvalue weighted by Crippen LogP contribution is 2.62. The first kappa shape index (κ1) is 11.9. The first-order chi connectivity index (χ1) is 9.80. The third-order valence-corrected chi connectivity index (χ3v) is 6.85. The van der Waals surface area contributed by atoms with E-state index in [1.54, 1.807) is 44.1 Å². The molecule has 1 aromatic rings. The summed E-state index contributed by atoms with van der Waals surface area (Å²) in [6.45, 7) is 2.24. The molecule has 1 unspecified atom stereocenters. The molecule has 20 heavy (non-hydrogen) atoms. The summed E-state index contributed by atoms with van der Waals surface area (Å²) in [7, 11) is 0. The van der Waals surface area contributed by atoms with Crippen LogP contribution in [0.3, 0.4) is 0 Å². The first-order valence-electron chi connectivity index (χ1n) is 8.66. The maximum atomic E-state index is 3.63. The van der Waals surface area contributed by atoms with Gasteiger partial charge >= 0.3 is 0 Å². The maximum Gasteiger partial charge on any atom is 0.0360 e. The highest BCUT2D eigenvalue weighted by atomic mass is 14.9. The standard InChI is InChI=1S/C18H26N2/c1-2-20-17-11-19-10-15(16(1)17)9-18-6-12-3-13(7-18)5-14(4-12)8-18/h1-2,12-15,19-20H,3-11H2. The fourth-order valence-corrected chi connectivity index (χ4v) is 6.68. The van der Waals surface area contributed by atoms with Crippen molar-refractivity contribution in [3.8, 4) is 0 Å². The van der Waals surface area contributed by atoms with E-state index in [9.17, 15) is 0 Å². The Hall–Kier alpha value is -0.760. The molecule has 1 atom stereocenters. The predicted octanol–water partition coefficient (Wildman–Crippen LogP) is 3.81. The van der Waals surface area contributed by atoms with E-state index in [-0.39, 0.29) is 0 Å². The number of rotatable bonds is 2. The van der Waals surface area contributed by atoms with Gasteiger partial charge < -0.3 is 10.3 Å². The van der Waals surface area contributed by atoms with E-state index in [2.05, 4.69) is 22.6 Å². The Kier molecular flexibility index (Phi) is 2.45. The van der Waals surface area contributed by atoms with Crippen LogP contribution >= 0.6 is 0 Å².